The van der Waals surface area contributed by atoms with Gasteiger partial charge in [-0.2, -0.15) is 4.98 Å². The molecule has 1 N–H and O–H groups in total. The van der Waals surface area contributed by atoms with Crippen LogP contribution in [0.3, 0.4) is 0 Å². The van der Waals surface area contributed by atoms with E-state index >= 15 is 0 Å². The van der Waals surface area contributed by atoms with Gasteiger partial charge in [-0.15, -0.1) is 0 Å². The molecule has 34 heavy (non-hydrogen) atoms. The SMILES string of the molecule is COc1ccc2nc(N3Cc4ccc(OC)c(OCc5ccccc5)c4CC3C(=O)O)oc2c1. The second-order valence-corrected chi connectivity index (χ2v) is 8.03. The van der Waals surface area contributed by atoms with E-state index in [4.69, 9.17) is 18.6 Å². The van der Waals surface area contributed by atoms with Crippen LogP contribution in [0.25, 0.3) is 11.1 Å². The maximum Gasteiger partial charge on any atom is 0.326 e. The molecule has 0 saturated carbocycles. The molecule has 1 aromatic heterocycles. The number of hydrogen-bond acceptors (Lipinski definition) is 7. The fourth-order valence-electron chi connectivity index (χ4n) is 4.23. The Morgan fingerprint density at radius 2 is 1.94 bits per heavy atom. The zero-order chi connectivity index (χ0) is 23.7. The first kappa shape index (κ1) is 21.6. The summed E-state index contributed by atoms with van der Waals surface area (Å²) >= 11 is 0. The van der Waals surface area contributed by atoms with Crippen LogP contribution in [0.1, 0.15) is 16.7 Å². The van der Waals surface area contributed by atoms with E-state index in [9.17, 15) is 9.90 Å². The van der Waals surface area contributed by atoms with Gasteiger partial charge in [-0.3, -0.25) is 0 Å². The number of nitrogens with zero attached hydrogens (tertiary/aromatic N) is 2. The summed E-state index contributed by atoms with van der Waals surface area (Å²) in [6, 6.07) is 18.3. The predicted octanol–water partition coefficient (Wildman–Crippen LogP) is 4.44. The number of carboxylic acids is 1. The van der Waals surface area contributed by atoms with Crippen molar-refractivity contribution in [3.63, 3.8) is 0 Å². The van der Waals surface area contributed by atoms with Crippen molar-refractivity contribution >= 4 is 23.1 Å². The number of anilines is 1. The largest absolute Gasteiger partial charge is 0.497 e. The molecule has 0 amide bonds. The predicted molar refractivity (Wildman–Crippen MR) is 126 cm³/mol. The number of rotatable bonds is 7. The summed E-state index contributed by atoms with van der Waals surface area (Å²) in [5, 5.41) is 10.1. The van der Waals surface area contributed by atoms with Crippen LogP contribution in [-0.2, 0) is 24.4 Å². The molecule has 3 aromatic carbocycles. The number of benzene rings is 3. The highest BCUT2D eigenvalue weighted by Crippen LogP contribution is 2.40. The Bertz CT molecular complexity index is 1330. The molecule has 1 aliphatic rings. The van der Waals surface area contributed by atoms with Gasteiger partial charge < -0.3 is 28.6 Å². The molecule has 0 bridgehead atoms. The Morgan fingerprint density at radius 3 is 2.68 bits per heavy atom. The normalized spacial score (nSPS) is 15.1. The lowest BCUT2D eigenvalue weighted by Gasteiger charge is -2.34. The van der Waals surface area contributed by atoms with Crippen molar-refractivity contribution in [1.29, 1.82) is 0 Å². The highest BCUT2D eigenvalue weighted by Gasteiger charge is 2.36. The first-order valence-electron chi connectivity index (χ1n) is 10.9. The fraction of sp³-hybridized carbons (Fsp3) is 0.231. The highest BCUT2D eigenvalue weighted by molar-refractivity contribution is 5.81. The van der Waals surface area contributed by atoms with Crippen LogP contribution in [0.4, 0.5) is 6.01 Å². The number of aliphatic carboxylic acids is 1. The summed E-state index contributed by atoms with van der Waals surface area (Å²) in [4.78, 5) is 18.5. The smallest absolute Gasteiger partial charge is 0.326 e. The maximum absolute atomic E-state index is 12.3. The van der Waals surface area contributed by atoms with E-state index in [0.29, 0.717) is 41.5 Å². The van der Waals surface area contributed by atoms with E-state index in [0.717, 1.165) is 16.7 Å². The van der Waals surface area contributed by atoms with Crippen molar-refractivity contribution in [2.75, 3.05) is 19.1 Å². The van der Waals surface area contributed by atoms with E-state index in [2.05, 4.69) is 4.98 Å². The first-order chi connectivity index (χ1) is 16.6. The van der Waals surface area contributed by atoms with Crippen molar-refractivity contribution in [3.05, 3.63) is 77.4 Å². The molecular formula is C26H24N2O6. The third-order valence-corrected chi connectivity index (χ3v) is 6.00. The van der Waals surface area contributed by atoms with Crippen molar-refractivity contribution < 1.29 is 28.5 Å². The van der Waals surface area contributed by atoms with Crippen LogP contribution in [0, 0.1) is 0 Å². The lowest BCUT2D eigenvalue weighted by atomic mass is 9.93. The number of methoxy groups -OCH3 is 2. The minimum Gasteiger partial charge on any atom is -0.497 e. The van der Waals surface area contributed by atoms with Gasteiger partial charge in [0.05, 0.1) is 14.2 Å². The molecule has 0 aliphatic carbocycles. The Morgan fingerprint density at radius 1 is 1.12 bits per heavy atom. The van der Waals surface area contributed by atoms with Crippen molar-refractivity contribution in [1.82, 2.24) is 4.98 Å². The minimum atomic E-state index is -0.970. The Labute approximate surface area is 196 Å². The van der Waals surface area contributed by atoms with Crippen molar-refractivity contribution in [3.8, 4) is 17.2 Å². The average Bonchev–Trinajstić information content (AvgIpc) is 3.30. The van der Waals surface area contributed by atoms with Gasteiger partial charge in [-0.1, -0.05) is 36.4 Å². The van der Waals surface area contributed by atoms with Crippen LogP contribution in [0.5, 0.6) is 17.2 Å². The van der Waals surface area contributed by atoms with Crippen LogP contribution >= 0.6 is 0 Å². The van der Waals surface area contributed by atoms with Crippen molar-refractivity contribution in [2.45, 2.75) is 25.6 Å². The zero-order valence-corrected chi connectivity index (χ0v) is 18.9. The lowest BCUT2D eigenvalue weighted by Crippen LogP contribution is -2.46. The molecule has 4 aromatic rings. The fourth-order valence-corrected chi connectivity index (χ4v) is 4.23. The quantitative estimate of drug-likeness (QED) is 0.433. The topological polar surface area (TPSA) is 94.3 Å². The number of ether oxygens (including phenoxy) is 3. The van der Waals surface area contributed by atoms with Gasteiger partial charge in [0.2, 0.25) is 0 Å². The molecule has 0 spiro atoms. The number of hydrogen-bond donors (Lipinski definition) is 1. The number of oxazole rings is 1. The summed E-state index contributed by atoms with van der Waals surface area (Å²) in [7, 11) is 3.15. The van der Waals surface area contributed by atoms with Crippen LogP contribution in [-0.4, -0.2) is 36.3 Å². The van der Waals surface area contributed by atoms with Gasteiger partial charge in [0, 0.05) is 24.6 Å². The molecular weight excluding hydrogens is 436 g/mol. The molecule has 1 unspecified atom stereocenters. The van der Waals surface area contributed by atoms with E-state index < -0.39 is 12.0 Å². The monoisotopic (exact) mass is 460 g/mol. The third kappa shape index (κ3) is 3.98. The molecule has 0 saturated heterocycles. The second-order valence-electron chi connectivity index (χ2n) is 8.03. The molecule has 174 valence electrons. The summed E-state index contributed by atoms with van der Waals surface area (Å²) in [6.07, 6.45) is 0.216. The molecule has 8 heteroatoms. The van der Waals surface area contributed by atoms with Gasteiger partial charge in [0.1, 0.15) is 23.9 Å². The third-order valence-electron chi connectivity index (χ3n) is 6.00. The van der Waals surface area contributed by atoms with Gasteiger partial charge in [-0.25, -0.2) is 4.79 Å². The Hall–Kier alpha value is -4.20. The van der Waals surface area contributed by atoms with E-state index in [1.54, 1.807) is 37.3 Å². The van der Waals surface area contributed by atoms with E-state index in [-0.39, 0.29) is 12.4 Å². The van der Waals surface area contributed by atoms with Gasteiger partial charge in [0.15, 0.2) is 17.1 Å². The highest BCUT2D eigenvalue weighted by atomic mass is 16.5. The van der Waals surface area contributed by atoms with Crippen LogP contribution in [0.2, 0.25) is 0 Å². The molecule has 0 radical (unpaired) electrons. The lowest BCUT2D eigenvalue weighted by molar-refractivity contribution is -0.138. The Balaban J connectivity index is 1.51. The molecule has 5 rings (SSSR count). The summed E-state index contributed by atoms with van der Waals surface area (Å²) in [5.74, 6) is 0.807. The molecule has 2 heterocycles. The number of carbonyl (C=O) groups is 1. The summed E-state index contributed by atoms with van der Waals surface area (Å²) < 4.78 is 22.9. The van der Waals surface area contributed by atoms with Crippen LogP contribution in [0.15, 0.2) is 65.1 Å². The molecule has 0 fully saturated rings. The number of fused-ring (bicyclic) bond motifs is 2. The summed E-state index contributed by atoms with van der Waals surface area (Å²) in [5.41, 5.74) is 3.92. The minimum absolute atomic E-state index is 0.216. The molecule has 1 atom stereocenters. The molecule has 8 nitrogen and oxygen atoms in total. The Kier molecular flexibility index (Phi) is 5.71. The zero-order valence-electron chi connectivity index (χ0n) is 18.9. The van der Waals surface area contributed by atoms with Crippen molar-refractivity contribution in [2.24, 2.45) is 0 Å². The molecule has 1 aliphatic heterocycles. The standard InChI is InChI=1S/C26H24N2O6/c1-31-18-9-10-20-23(12-18)34-26(27-20)28-14-17-8-11-22(32-2)24(19(17)13-21(28)25(29)30)33-15-16-6-4-3-5-7-16/h3-12,21H,13-15H2,1-2H3,(H,29,30). The second kappa shape index (κ2) is 8.97. The average molecular weight is 460 g/mol. The van der Waals surface area contributed by atoms with Gasteiger partial charge in [-0.05, 0) is 29.3 Å². The van der Waals surface area contributed by atoms with Crippen LogP contribution < -0.4 is 19.1 Å². The maximum atomic E-state index is 12.3. The number of aromatic nitrogens is 1. The van der Waals surface area contributed by atoms with E-state index in [1.807, 2.05) is 42.5 Å². The number of carboxylic acid groups (broad SMARTS) is 1. The van der Waals surface area contributed by atoms with Gasteiger partial charge >= 0.3 is 5.97 Å². The van der Waals surface area contributed by atoms with Gasteiger partial charge in [0.25, 0.3) is 6.01 Å². The first-order valence-corrected chi connectivity index (χ1v) is 10.9. The summed E-state index contributed by atoms with van der Waals surface area (Å²) in [6.45, 7) is 0.657. The van der Waals surface area contributed by atoms with E-state index in [1.165, 1.54) is 0 Å².